The standard InChI is InChI=1S/C25H29N5O3.ClH/c1-28(21-10-12-29(13-11-21)15-20-6-3-4-9-23(20)33-2)25(32)30-16-22(27-17-30)18-7-5-8-19(14-18)24(26)31;/h3-9,14,16-17,21H,10-13,15H2,1-2H3,(H2,26,31);1H. The molecule has 34 heavy (non-hydrogen) atoms. The quantitative estimate of drug-likeness (QED) is 0.577. The van der Waals surface area contributed by atoms with Gasteiger partial charge in [0.1, 0.15) is 12.1 Å². The molecule has 1 aliphatic rings. The van der Waals surface area contributed by atoms with Crippen molar-refractivity contribution in [1.29, 1.82) is 0 Å². The van der Waals surface area contributed by atoms with Crippen molar-refractivity contribution in [2.45, 2.75) is 25.4 Å². The number of halogens is 1. The number of hydrogen-bond donors (Lipinski definition) is 1. The Morgan fingerprint density at radius 1 is 1.15 bits per heavy atom. The van der Waals surface area contributed by atoms with Crippen LogP contribution >= 0.6 is 12.4 Å². The Kier molecular flexibility index (Phi) is 8.31. The molecule has 0 saturated carbocycles. The molecule has 1 aliphatic heterocycles. The molecule has 0 bridgehead atoms. The van der Waals surface area contributed by atoms with Crippen LogP contribution in [0.15, 0.2) is 61.1 Å². The zero-order valence-electron chi connectivity index (χ0n) is 19.4. The highest BCUT2D eigenvalue weighted by Gasteiger charge is 2.26. The molecule has 0 spiro atoms. The number of hydrogen-bond acceptors (Lipinski definition) is 5. The zero-order chi connectivity index (χ0) is 23.4. The van der Waals surface area contributed by atoms with Crippen molar-refractivity contribution in [3.05, 3.63) is 72.2 Å². The van der Waals surface area contributed by atoms with E-state index in [9.17, 15) is 9.59 Å². The first kappa shape index (κ1) is 25.3. The molecule has 1 saturated heterocycles. The summed E-state index contributed by atoms with van der Waals surface area (Å²) < 4.78 is 6.96. The fourth-order valence-electron chi connectivity index (χ4n) is 4.29. The summed E-state index contributed by atoms with van der Waals surface area (Å²) in [4.78, 5) is 33.1. The van der Waals surface area contributed by atoms with Gasteiger partial charge in [-0.25, -0.2) is 9.78 Å². The Balaban J connectivity index is 0.00000324. The van der Waals surface area contributed by atoms with Crippen LogP contribution in [0.5, 0.6) is 5.75 Å². The lowest BCUT2D eigenvalue weighted by atomic mass is 10.0. The van der Waals surface area contributed by atoms with E-state index in [0.717, 1.165) is 43.8 Å². The lowest BCUT2D eigenvalue weighted by Gasteiger charge is -2.36. The third-order valence-electron chi connectivity index (χ3n) is 6.24. The number of amides is 2. The fraction of sp³-hybridized carbons (Fsp3) is 0.320. The summed E-state index contributed by atoms with van der Waals surface area (Å²) in [5, 5.41) is 0. The average molecular weight is 484 g/mol. The van der Waals surface area contributed by atoms with Crippen molar-refractivity contribution >= 4 is 24.3 Å². The van der Waals surface area contributed by atoms with E-state index in [0.29, 0.717) is 11.3 Å². The molecule has 2 amide bonds. The van der Waals surface area contributed by atoms with Gasteiger partial charge in [0.25, 0.3) is 0 Å². The van der Waals surface area contributed by atoms with E-state index in [4.69, 9.17) is 10.5 Å². The molecule has 0 radical (unpaired) electrons. The summed E-state index contributed by atoms with van der Waals surface area (Å²) in [6.45, 7) is 2.66. The van der Waals surface area contributed by atoms with Crippen LogP contribution in [0.25, 0.3) is 11.3 Å². The maximum absolute atomic E-state index is 13.1. The monoisotopic (exact) mass is 483 g/mol. The molecule has 4 rings (SSSR count). The number of imidazole rings is 1. The molecule has 2 aromatic carbocycles. The molecule has 2 heterocycles. The number of carbonyl (C=O) groups is 2. The topological polar surface area (TPSA) is 93.7 Å². The Bertz CT molecular complexity index is 1140. The van der Waals surface area contributed by atoms with E-state index in [2.05, 4.69) is 16.0 Å². The van der Waals surface area contributed by atoms with Crippen molar-refractivity contribution < 1.29 is 14.3 Å². The highest BCUT2D eigenvalue weighted by molar-refractivity contribution is 5.94. The van der Waals surface area contributed by atoms with Gasteiger partial charge in [0.2, 0.25) is 5.91 Å². The van der Waals surface area contributed by atoms with E-state index in [1.54, 1.807) is 36.4 Å². The van der Waals surface area contributed by atoms with Crippen molar-refractivity contribution in [3.63, 3.8) is 0 Å². The van der Waals surface area contributed by atoms with Gasteiger partial charge < -0.3 is 15.4 Å². The Morgan fingerprint density at radius 2 is 1.88 bits per heavy atom. The normalized spacial score (nSPS) is 14.3. The van der Waals surface area contributed by atoms with Crippen molar-refractivity contribution in [2.24, 2.45) is 5.73 Å². The lowest BCUT2D eigenvalue weighted by Crippen LogP contribution is -2.46. The number of methoxy groups -OCH3 is 1. The molecule has 0 aliphatic carbocycles. The number of nitrogens with two attached hydrogens (primary N) is 1. The third kappa shape index (κ3) is 5.58. The van der Waals surface area contributed by atoms with E-state index in [1.165, 1.54) is 16.5 Å². The van der Waals surface area contributed by atoms with Crippen LogP contribution in [0.1, 0.15) is 28.8 Å². The number of para-hydroxylation sites is 1. The van der Waals surface area contributed by atoms with Gasteiger partial charge in [-0.2, -0.15) is 0 Å². The Hall–Kier alpha value is -3.36. The van der Waals surface area contributed by atoms with Crippen LogP contribution in [-0.2, 0) is 6.54 Å². The molecular weight excluding hydrogens is 454 g/mol. The Labute approximate surface area is 205 Å². The lowest BCUT2D eigenvalue weighted by molar-refractivity contribution is 0.1000. The predicted molar refractivity (Wildman–Crippen MR) is 133 cm³/mol. The number of nitrogens with zero attached hydrogens (tertiary/aromatic N) is 4. The van der Waals surface area contributed by atoms with Gasteiger partial charge in [-0.1, -0.05) is 30.3 Å². The predicted octanol–water partition coefficient (Wildman–Crippen LogP) is 3.64. The number of likely N-dealkylation sites (tertiary alicyclic amines) is 1. The minimum atomic E-state index is -0.496. The first-order chi connectivity index (χ1) is 16.0. The van der Waals surface area contributed by atoms with Crippen LogP contribution in [0.2, 0.25) is 0 Å². The maximum atomic E-state index is 13.1. The number of carbonyl (C=O) groups excluding carboxylic acids is 2. The summed E-state index contributed by atoms with van der Waals surface area (Å²) in [5.74, 6) is 0.410. The highest BCUT2D eigenvalue weighted by atomic mass is 35.5. The molecule has 9 heteroatoms. The number of ether oxygens (including phenoxy) is 1. The molecule has 2 N–H and O–H groups in total. The summed E-state index contributed by atoms with van der Waals surface area (Å²) in [7, 11) is 3.54. The summed E-state index contributed by atoms with van der Waals surface area (Å²) in [5.41, 5.74) is 8.31. The minimum Gasteiger partial charge on any atom is -0.496 e. The molecule has 1 fully saturated rings. The first-order valence-corrected chi connectivity index (χ1v) is 11.0. The van der Waals surface area contributed by atoms with Gasteiger partial charge in [-0.15, -0.1) is 12.4 Å². The fourth-order valence-corrected chi connectivity index (χ4v) is 4.29. The van der Waals surface area contributed by atoms with E-state index in [-0.39, 0.29) is 24.5 Å². The van der Waals surface area contributed by atoms with Crippen LogP contribution in [0.4, 0.5) is 4.79 Å². The van der Waals surface area contributed by atoms with E-state index >= 15 is 0 Å². The third-order valence-corrected chi connectivity index (χ3v) is 6.24. The van der Waals surface area contributed by atoms with Crippen LogP contribution in [0, 0.1) is 0 Å². The van der Waals surface area contributed by atoms with Crippen molar-refractivity contribution in [1.82, 2.24) is 19.4 Å². The van der Waals surface area contributed by atoms with Gasteiger partial charge in [-0.3, -0.25) is 14.3 Å². The number of aromatic nitrogens is 2. The van der Waals surface area contributed by atoms with Crippen LogP contribution < -0.4 is 10.5 Å². The molecule has 180 valence electrons. The molecule has 8 nitrogen and oxygen atoms in total. The number of benzene rings is 2. The SMILES string of the molecule is COc1ccccc1CN1CCC(N(C)C(=O)n2cnc(-c3cccc(C(N)=O)c3)c2)CC1.Cl. The molecule has 0 atom stereocenters. The van der Waals surface area contributed by atoms with Gasteiger partial charge in [0.05, 0.1) is 12.8 Å². The summed E-state index contributed by atoms with van der Waals surface area (Å²) in [6, 6.07) is 15.0. The van der Waals surface area contributed by atoms with Gasteiger partial charge in [0, 0.05) is 55.6 Å². The molecule has 0 unspecified atom stereocenters. The van der Waals surface area contributed by atoms with Crippen molar-refractivity contribution in [2.75, 3.05) is 27.2 Å². The van der Waals surface area contributed by atoms with E-state index < -0.39 is 5.91 Å². The van der Waals surface area contributed by atoms with Crippen molar-refractivity contribution in [3.8, 4) is 17.0 Å². The molecular formula is C25H30ClN5O3. The first-order valence-electron chi connectivity index (χ1n) is 11.0. The van der Waals surface area contributed by atoms with Gasteiger partial charge in [-0.05, 0) is 31.0 Å². The maximum Gasteiger partial charge on any atom is 0.329 e. The Morgan fingerprint density at radius 3 is 2.59 bits per heavy atom. The van der Waals surface area contributed by atoms with Crippen LogP contribution in [-0.4, -0.2) is 64.6 Å². The zero-order valence-corrected chi connectivity index (χ0v) is 20.2. The van der Waals surface area contributed by atoms with E-state index in [1.807, 2.05) is 31.3 Å². The summed E-state index contributed by atoms with van der Waals surface area (Å²) in [6.07, 6.45) is 5.01. The number of rotatable bonds is 6. The highest BCUT2D eigenvalue weighted by Crippen LogP contribution is 2.24. The second-order valence-corrected chi connectivity index (χ2v) is 8.32. The minimum absolute atomic E-state index is 0. The average Bonchev–Trinajstić information content (AvgIpc) is 3.34. The summed E-state index contributed by atoms with van der Waals surface area (Å²) >= 11 is 0. The number of primary amides is 1. The number of piperidine rings is 1. The van der Waals surface area contributed by atoms with Gasteiger partial charge in [0.15, 0.2) is 0 Å². The van der Waals surface area contributed by atoms with Gasteiger partial charge >= 0.3 is 6.03 Å². The van der Waals surface area contributed by atoms with Crippen LogP contribution in [0.3, 0.4) is 0 Å². The molecule has 3 aromatic rings. The second kappa shape index (κ2) is 11.2. The largest absolute Gasteiger partial charge is 0.496 e. The smallest absolute Gasteiger partial charge is 0.329 e. The second-order valence-electron chi connectivity index (χ2n) is 8.32. The molecule has 1 aromatic heterocycles.